The molecular weight excluding hydrogens is 246 g/mol. The monoisotopic (exact) mass is 265 g/mol. The fourth-order valence-electron chi connectivity index (χ4n) is 2.06. The maximum absolute atomic E-state index is 11.7. The van der Waals surface area contributed by atoms with E-state index in [1.807, 2.05) is 0 Å². The van der Waals surface area contributed by atoms with Gasteiger partial charge in [-0.3, -0.25) is 5.32 Å². The third-order valence-corrected chi connectivity index (χ3v) is 3.42. The first-order valence-electron chi connectivity index (χ1n) is 6.39. The summed E-state index contributed by atoms with van der Waals surface area (Å²) in [5.74, 6) is 0.505. The second kappa shape index (κ2) is 6.49. The Morgan fingerprint density at radius 2 is 2.21 bits per heavy atom. The lowest BCUT2D eigenvalue weighted by atomic mass is 9.81. The number of hydrogen-bond donors (Lipinski definition) is 3. The van der Waals surface area contributed by atoms with Crippen molar-refractivity contribution in [3.05, 3.63) is 24.4 Å². The molecule has 0 aromatic carbocycles. The molecule has 6 heteroatoms. The van der Waals surface area contributed by atoms with Gasteiger partial charge in [-0.05, 0) is 25.0 Å². The van der Waals surface area contributed by atoms with Gasteiger partial charge in [-0.2, -0.15) is 0 Å². The van der Waals surface area contributed by atoms with Gasteiger partial charge in [-0.25, -0.2) is 9.78 Å². The van der Waals surface area contributed by atoms with Gasteiger partial charge >= 0.3 is 6.03 Å². The van der Waals surface area contributed by atoms with Gasteiger partial charge in [0.2, 0.25) is 0 Å². The van der Waals surface area contributed by atoms with Crippen molar-refractivity contribution >= 4 is 11.8 Å². The van der Waals surface area contributed by atoms with Crippen molar-refractivity contribution in [1.29, 1.82) is 0 Å². The third-order valence-electron chi connectivity index (χ3n) is 3.42. The highest BCUT2D eigenvalue weighted by Gasteiger charge is 2.32. The zero-order chi connectivity index (χ0) is 13.6. The lowest BCUT2D eigenvalue weighted by Crippen LogP contribution is -2.44. The van der Waals surface area contributed by atoms with E-state index in [9.17, 15) is 9.90 Å². The van der Waals surface area contributed by atoms with Crippen LogP contribution in [0.15, 0.2) is 24.4 Å². The highest BCUT2D eigenvalue weighted by Crippen LogP contribution is 2.28. The summed E-state index contributed by atoms with van der Waals surface area (Å²) in [6, 6.07) is 5.00. The van der Waals surface area contributed by atoms with E-state index in [1.54, 1.807) is 24.4 Å². The van der Waals surface area contributed by atoms with Crippen molar-refractivity contribution in [3.63, 3.8) is 0 Å². The highest BCUT2D eigenvalue weighted by molar-refractivity contribution is 5.88. The van der Waals surface area contributed by atoms with Crippen LogP contribution in [-0.2, 0) is 4.74 Å². The number of aromatic nitrogens is 1. The minimum Gasteiger partial charge on any atom is -0.396 e. The fraction of sp³-hybridized carbons (Fsp3) is 0.538. The largest absolute Gasteiger partial charge is 0.396 e. The van der Waals surface area contributed by atoms with Crippen LogP contribution in [0.25, 0.3) is 0 Å². The van der Waals surface area contributed by atoms with E-state index in [0.717, 1.165) is 12.8 Å². The van der Waals surface area contributed by atoms with Crippen molar-refractivity contribution in [1.82, 2.24) is 10.3 Å². The molecule has 2 rings (SSSR count). The number of urea groups is 1. The van der Waals surface area contributed by atoms with Gasteiger partial charge in [-0.15, -0.1) is 0 Å². The first kappa shape index (κ1) is 13.8. The lowest BCUT2D eigenvalue weighted by molar-refractivity contribution is -0.0136. The molecule has 0 atom stereocenters. The number of aliphatic hydroxyl groups excluding tert-OH is 1. The number of carbonyl (C=O) groups excluding carboxylic acids is 1. The van der Waals surface area contributed by atoms with E-state index >= 15 is 0 Å². The molecule has 1 saturated heterocycles. The molecule has 19 heavy (non-hydrogen) atoms. The number of carbonyl (C=O) groups is 1. The van der Waals surface area contributed by atoms with Crippen LogP contribution in [0.1, 0.15) is 12.8 Å². The molecule has 3 N–H and O–H groups in total. The number of nitrogens with zero attached hydrogens (tertiary/aromatic N) is 1. The zero-order valence-electron chi connectivity index (χ0n) is 10.8. The van der Waals surface area contributed by atoms with E-state index in [2.05, 4.69) is 15.6 Å². The molecule has 0 spiro atoms. The molecule has 1 aromatic rings. The number of amides is 2. The fourth-order valence-corrected chi connectivity index (χ4v) is 2.06. The first-order valence-corrected chi connectivity index (χ1v) is 6.39. The van der Waals surface area contributed by atoms with E-state index in [-0.39, 0.29) is 18.1 Å². The summed E-state index contributed by atoms with van der Waals surface area (Å²) >= 11 is 0. The van der Waals surface area contributed by atoms with Crippen LogP contribution in [-0.4, -0.2) is 42.5 Å². The summed E-state index contributed by atoms with van der Waals surface area (Å²) in [6.45, 7) is 1.75. The average molecular weight is 265 g/mol. The maximum Gasteiger partial charge on any atom is 0.320 e. The zero-order valence-corrected chi connectivity index (χ0v) is 10.8. The van der Waals surface area contributed by atoms with Crippen LogP contribution in [0.4, 0.5) is 10.6 Å². The molecule has 6 nitrogen and oxygen atoms in total. The predicted octanol–water partition coefficient (Wildman–Crippen LogP) is 0.992. The Bertz CT molecular complexity index is 405. The van der Waals surface area contributed by atoms with Crippen LogP contribution in [0, 0.1) is 5.41 Å². The normalized spacial score (nSPS) is 17.7. The van der Waals surface area contributed by atoms with E-state index in [4.69, 9.17) is 4.74 Å². The lowest BCUT2D eigenvalue weighted by Gasteiger charge is -2.35. The Labute approximate surface area is 112 Å². The SMILES string of the molecule is O=C(NCC1(CO)CCOCC1)Nc1ccccn1. The summed E-state index contributed by atoms with van der Waals surface area (Å²) in [5, 5.41) is 14.9. The predicted molar refractivity (Wildman–Crippen MR) is 70.8 cm³/mol. The quantitative estimate of drug-likeness (QED) is 0.758. The number of anilines is 1. The number of nitrogens with one attached hydrogen (secondary N) is 2. The van der Waals surface area contributed by atoms with E-state index in [1.165, 1.54) is 0 Å². The molecule has 2 amide bonds. The molecule has 0 bridgehead atoms. The number of hydrogen-bond acceptors (Lipinski definition) is 4. The van der Waals surface area contributed by atoms with Crippen molar-refractivity contribution in [2.45, 2.75) is 12.8 Å². The molecule has 1 aromatic heterocycles. The van der Waals surface area contributed by atoms with Crippen molar-refractivity contribution in [2.24, 2.45) is 5.41 Å². The molecule has 0 saturated carbocycles. The molecule has 0 unspecified atom stereocenters. The Hall–Kier alpha value is -1.66. The van der Waals surface area contributed by atoms with Gasteiger partial charge < -0.3 is 15.2 Å². The van der Waals surface area contributed by atoms with Gasteiger partial charge in [-0.1, -0.05) is 6.07 Å². The molecule has 0 radical (unpaired) electrons. The Kier molecular flexibility index (Phi) is 4.70. The van der Waals surface area contributed by atoms with Crippen LogP contribution in [0.3, 0.4) is 0 Å². The molecule has 2 heterocycles. The van der Waals surface area contributed by atoms with E-state index < -0.39 is 0 Å². The summed E-state index contributed by atoms with van der Waals surface area (Å²) in [6.07, 6.45) is 3.13. The average Bonchev–Trinajstić information content (AvgIpc) is 2.47. The second-order valence-corrected chi connectivity index (χ2v) is 4.79. The second-order valence-electron chi connectivity index (χ2n) is 4.79. The summed E-state index contributed by atoms with van der Waals surface area (Å²) in [7, 11) is 0. The van der Waals surface area contributed by atoms with E-state index in [0.29, 0.717) is 25.6 Å². The van der Waals surface area contributed by atoms with Crippen LogP contribution >= 0.6 is 0 Å². The maximum atomic E-state index is 11.7. The summed E-state index contributed by atoms with van der Waals surface area (Å²) < 4.78 is 5.28. The van der Waals surface area contributed by atoms with Gasteiger partial charge in [0.05, 0.1) is 6.61 Å². The van der Waals surface area contributed by atoms with Gasteiger partial charge in [0.25, 0.3) is 0 Å². The minimum atomic E-state index is -0.307. The van der Waals surface area contributed by atoms with Crippen LogP contribution < -0.4 is 10.6 Å². The summed E-state index contributed by atoms with van der Waals surface area (Å²) in [4.78, 5) is 15.7. The Balaban J connectivity index is 1.82. The van der Waals surface area contributed by atoms with Gasteiger partial charge in [0.15, 0.2) is 0 Å². The number of aliphatic hydroxyl groups is 1. The van der Waals surface area contributed by atoms with Crippen LogP contribution in [0.5, 0.6) is 0 Å². The molecule has 1 aliphatic heterocycles. The first-order chi connectivity index (χ1) is 9.24. The Morgan fingerprint density at radius 1 is 1.42 bits per heavy atom. The smallest absolute Gasteiger partial charge is 0.320 e. The summed E-state index contributed by atoms with van der Waals surface area (Å²) in [5.41, 5.74) is -0.264. The number of rotatable bonds is 4. The third kappa shape index (κ3) is 3.90. The van der Waals surface area contributed by atoms with Crippen LogP contribution in [0.2, 0.25) is 0 Å². The van der Waals surface area contributed by atoms with Crippen molar-refractivity contribution < 1.29 is 14.6 Å². The topological polar surface area (TPSA) is 83.5 Å². The minimum absolute atomic E-state index is 0.0558. The molecular formula is C13H19N3O3. The van der Waals surface area contributed by atoms with Crippen molar-refractivity contribution in [2.75, 3.05) is 31.7 Å². The molecule has 1 aliphatic rings. The number of pyridine rings is 1. The number of ether oxygens (including phenoxy) is 1. The highest BCUT2D eigenvalue weighted by atomic mass is 16.5. The Morgan fingerprint density at radius 3 is 2.84 bits per heavy atom. The van der Waals surface area contributed by atoms with Crippen molar-refractivity contribution in [3.8, 4) is 0 Å². The molecule has 104 valence electrons. The van der Waals surface area contributed by atoms with Gasteiger partial charge in [0, 0.05) is 31.4 Å². The molecule has 0 aliphatic carbocycles. The standard InChI is InChI=1S/C13H19N3O3/c17-10-13(4-7-19-8-5-13)9-15-12(18)16-11-3-1-2-6-14-11/h1-3,6,17H,4-5,7-10H2,(H2,14,15,16,18). The molecule has 1 fully saturated rings. The van der Waals surface area contributed by atoms with Gasteiger partial charge in [0.1, 0.15) is 5.82 Å².